The summed E-state index contributed by atoms with van der Waals surface area (Å²) in [5, 5.41) is 0. The number of hydrogen-bond donors (Lipinski definition) is 0. The molecule has 1 saturated heterocycles. The van der Waals surface area contributed by atoms with Crippen molar-refractivity contribution in [1.29, 1.82) is 0 Å². The zero-order valence-corrected chi connectivity index (χ0v) is 10.7. The van der Waals surface area contributed by atoms with Gasteiger partial charge < -0.3 is 4.74 Å². The van der Waals surface area contributed by atoms with Crippen LogP contribution in [0.2, 0.25) is 0 Å². The molecule has 3 rings (SSSR count). The molecule has 2 aromatic carbocycles. The van der Waals surface area contributed by atoms with Crippen LogP contribution in [-0.2, 0) is 9.53 Å². The Bertz CT molecular complexity index is 612. The highest BCUT2D eigenvalue weighted by atomic mass is 16.6. The standard InChI is InChI=1S/C16H13NO3/c18-11-17-14(12-7-3-1-4-8-12)15(20-16(17)19)13-9-5-2-6-10-13/h1-11,14-15H/t14-,15+/m0/s1. The Morgan fingerprint density at radius 1 is 0.900 bits per heavy atom. The number of imide groups is 1. The molecular formula is C16H13NO3. The molecule has 4 heteroatoms. The molecule has 0 bridgehead atoms. The van der Waals surface area contributed by atoms with Crippen molar-refractivity contribution in [2.45, 2.75) is 12.1 Å². The van der Waals surface area contributed by atoms with Gasteiger partial charge in [0.2, 0.25) is 6.41 Å². The summed E-state index contributed by atoms with van der Waals surface area (Å²) >= 11 is 0. The SMILES string of the molecule is O=CN1C(=O)O[C@H](c2ccccc2)[C@@H]1c1ccccc1. The number of hydrogen-bond acceptors (Lipinski definition) is 3. The Hall–Kier alpha value is -2.62. The van der Waals surface area contributed by atoms with E-state index >= 15 is 0 Å². The largest absolute Gasteiger partial charge is 0.438 e. The van der Waals surface area contributed by atoms with Crippen molar-refractivity contribution in [3.8, 4) is 0 Å². The van der Waals surface area contributed by atoms with Crippen LogP contribution in [0.4, 0.5) is 4.79 Å². The first kappa shape index (κ1) is 12.4. The summed E-state index contributed by atoms with van der Waals surface area (Å²) < 4.78 is 5.37. The van der Waals surface area contributed by atoms with E-state index in [0.717, 1.165) is 16.0 Å². The lowest BCUT2D eigenvalue weighted by atomic mass is 9.96. The van der Waals surface area contributed by atoms with Crippen LogP contribution in [0.15, 0.2) is 60.7 Å². The van der Waals surface area contributed by atoms with Gasteiger partial charge in [-0.1, -0.05) is 60.7 Å². The summed E-state index contributed by atoms with van der Waals surface area (Å²) in [4.78, 5) is 24.2. The number of amides is 2. The minimum absolute atomic E-state index is 0.427. The van der Waals surface area contributed by atoms with Crippen LogP contribution in [0.25, 0.3) is 0 Å². The smallest absolute Gasteiger partial charge is 0.417 e. The molecule has 2 amide bonds. The maximum Gasteiger partial charge on any atom is 0.417 e. The van der Waals surface area contributed by atoms with Crippen molar-refractivity contribution >= 4 is 12.5 Å². The lowest BCUT2D eigenvalue weighted by Gasteiger charge is -2.21. The highest BCUT2D eigenvalue weighted by molar-refractivity contribution is 5.83. The Labute approximate surface area is 116 Å². The van der Waals surface area contributed by atoms with Gasteiger partial charge in [0, 0.05) is 0 Å². The lowest BCUT2D eigenvalue weighted by Crippen LogP contribution is -2.26. The van der Waals surface area contributed by atoms with Gasteiger partial charge in [0.05, 0.1) is 0 Å². The van der Waals surface area contributed by atoms with E-state index in [1.165, 1.54) is 0 Å². The number of benzene rings is 2. The van der Waals surface area contributed by atoms with E-state index in [1.807, 2.05) is 60.7 Å². The molecule has 0 saturated carbocycles. The van der Waals surface area contributed by atoms with Gasteiger partial charge in [-0.3, -0.25) is 4.79 Å². The second-order valence-corrected chi connectivity index (χ2v) is 4.58. The lowest BCUT2D eigenvalue weighted by molar-refractivity contribution is -0.116. The number of ether oxygens (including phenoxy) is 1. The summed E-state index contributed by atoms with van der Waals surface area (Å²) in [6, 6.07) is 18.4. The second-order valence-electron chi connectivity index (χ2n) is 4.58. The fourth-order valence-electron chi connectivity index (χ4n) is 2.48. The maximum atomic E-state index is 11.8. The molecule has 0 N–H and O–H groups in total. The fourth-order valence-corrected chi connectivity index (χ4v) is 2.48. The molecule has 1 heterocycles. The van der Waals surface area contributed by atoms with E-state index in [-0.39, 0.29) is 0 Å². The average molecular weight is 267 g/mol. The normalized spacial score (nSPS) is 21.6. The van der Waals surface area contributed by atoms with E-state index in [2.05, 4.69) is 0 Å². The van der Waals surface area contributed by atoms with E-state index < -0.39 is 18.2 Å². The molecule has 0 spiro atoms. The van der Waals surface area contributed by atoms with Crippen molar-refractivity contribution < 1.29 is 14.3 Å². The third kappa shape index (κ3) is 2.05. The first-order valence-electron chi connectivity index (χ1n) is 6.35. The molecule has 2 atom stereocenters. The number of cyclic esters (lactones) is 1. The van der Waals surface area contributed by atoms with Crippen molar-refractivity contribution in [2.75, 3.05) is 0 Å². The Morgan fingerprint density at radius 3 is 2.00 bits per heavy atom. The van der Waals surface area contributed by atoms with Gasteiger partial charge in [-0.15, -0.1) is 0 Å². The predicted octanol–water partition coefficient (Wildman–Crippen LogP) is 3.08. The van der Waals surface area contributed by atoms with Crippen molar-refractivity contribution in [1.82, 2.24) is 4.90 Å². The Balaban J connectivity index is 2.05. The number of carbonyl (C=O) groups is 2. The molecule has 100 valence electrons. The summed E-state index contributed by atoms with van der Waals surface area (Å²) in [6.45, 7) is 0. The third-order valence-corrected chi connectivity index (χ3v) is 3.41. The van der Waals surface area contributed by atoms with Gasteiger partial charge >= 0.3 is 6.09 Å². The van der Waals surface area contributed by atoms with E-state index in [9.17, 15) is 9.59 Å². The van der Waals surface area contributed by atoms with Crippen LogP contribution in [0, 0.1) is 0 Å². The molecule has 1 aliphatic rings. The van der Waals surface area contributed by atoms with Crippen molar-refractivity contribution in [3.63, 3.8) is 0 Å². The summed E-state index contributed by atoms with van der Waals surface area (Å²) in [5.74, 6) is 0. The van der Waals surface area contributed by atoms with Gasteiger partial charge in [0.1, 0.15) is 6.04 Å². The predicted molar refractivity (Wildman–Crippen MR) is 72.8 cm³/mol. The van der Waals surface area contributed by atoms with Gasteiger partial charge in [-0.05, 0) is 11.1 Å². The van der Waals surface area contributed by atoms with Crippen LogP contribution < -0.4 is 0 Å². The monoisotopic (exact) mass is 267 g/mol. The summed E-state index contributed by atoms with van der Waals surface area (Å²) in [7, 11) is 0. The van der Waals surface area contributed by atoms with Crippen LogP contribution >= 0.6 is 0 Å². The van der Waals surface area contributed by atoms with E-state index in [1.54, 1.807) is 0 Å². The van der Waals surface area contributed by atoms with Crippen molar-refractivity contribution in [2.24, 2.45) is 0 Å². The Morgan fingerprint density at radius 2 is 1.45 bits per heavy atom. The minimum Gasteiger partial charge on any atom is -0.438 e. The second kappa shape index (κ2) is 5.17. The van der Waals surface area contributed by atoms with Crippen LogP contribution in [0.1, 0.15) is 23.3 Å². The first-order valence-corrected chi connectivity index (χ1v) is 6.35. The van der Waals surface area contributed by atoms with Crippen molar-refractivity contribution in [3.05, 3.63) is 71.8 Å². The highest BCUT2D eigenvalue weighted by Crippen LogP contribution is 2.41. The van der Waals surface area contributed by atoms with E-state index in [4.69, 9.17) is 4.74 Å². The number of carbonyl (C=O) groups excluding carboxylic acids is 2. The molecule has 20 heavy (non-hydrogen) atoms. The van der Waals surface area contributed by atoms with Gasteiger partial charge in [0.15, 0.2) is 6.10 Å². The van der Waals surface area contributed by atoms with Gasteiger partial charge in [0.25, 0.3) is 0 Å². The Kier molecular flexibility index (Phi) is 3.21. The van der Waals surface area contributed by atoms with Gasteiger partial charge in [-0.2, -0.15) is 0 Å². The zero-order valence-electron chi connectivity index (χ0n) is 10.7. The minimum atomic E-state index is -0.609. The van der Waals surface area contributed by atoms with Crippen LogP contribution in [0.5, 0.6) is 0 Å². The summed E-state index contributed by atoms with van der Waals surface area (Å²) in [5.41, 5.74) is 1.75. The molecule has 0 aliphatic carbocycles. The fraction of sp³-hybridized carbons (Fsp3) is 0.125. The van der Waals surface area contributed by atoms with Crippen LogP contribution in [0.3, 0.4) is 0 Å². The molecule has 4 nitrogen and oxygen atoms in total. The maximum absolute atomic E-state index is 11.8. The zero-order chi connectivity index (χ0) is 13.9. The van der Waals surface area contributed by atoms with Gasteiger partial charge in [-0.25, -0.2) is 9.69 Å². The average Bonchev–Trinajstić information content (AvgIpc) is 2.85. The number of rotatable bonds is 3. The molecule has 0 aromatic heterocycles. The van der Waals surface area contributed by atoms with E-state index in [0.29, 0.717) is 6.41 Å². The summed E-state index contributed by atoms with van der Waals surface area (Å²) in [6.07, 6.45) is -0.554. The molecule has 0 unspecified atom stereocenters. The quantitative estimate of drug-likeness (QED) is 0.803. The number of nitrogens with zero attached hydrogens (tertiary/aromatic N) is 1. The molecule has 1 aliphatic heterocycles. The molecular weight excluding hydrogens is 254 g/mol. The topological polar surface area (TPSA) is 46.6 Å². The first-order chi connectivity index (χ1) is 9.81. The highest BCUT2D eigenvalue weighted by Gasteiger charge is 2.43. The molecule has 2 aromatic rings. The third-order valence-electron chi connectivity index (χ3n) is 3.41. The van der Waals surface area contributed by atoms with Crippen LogP contribution in [-0.4, -0.2) is 17.4 Å². The molecule has 1 fully saturated rings. The molecule has 0 radical (unpaired) electrons.